The molecule has 0 bridgehead atoms. The molecule has 0 amide bonds. The maximum Gasteiger partial charge on any atom is 0.173 e. The summed E-state index contributed by atoms with van der Waals surface area (Å²) in [6.45, 7) is 5.23. The highest BCUT2D eigenvalue weighted by Gasteiger charge is 2.34. The highest BCUT2D eigenvalue weighted by Crippen LogP contribution is 2.32. The second-order valence-electron chi connectivity index (χ2n) is 9.14. The van der Waals surface area contributed by atoms with E-state index in [1.807, 2.05) is 16.8 Å². The number of rotatable bonds is 6. The van der Waals surface area contributed by atoms with Gasteiger partial charge in [0.1, 0.15) is 11.9 Å². The Morgan fingerprint density at radius 3 is 2.55 bits per heavy atom. The van der Waals surface area contributed by atoms with Crippen LogP contribution < -0.4 is 0 Å². The van der Waals surface area contributed by atoms with Gasteiger partial charge in [-0.1, -0.05) is 37.5 Å². The number of aromatic nitrogens is 4. The van der Waals surface area contributed by atoms with Gasteiger partial charge in [0.05, 0.1) is 12.6 Å². The van der Waals surface area contributed by atoms with E-state index in [2.05, 4.69) is 25.3 Å². The van der Waals surface area contributed by atoms with Crippen molar-refractivity contribution in [3.05, 3.63) is 41.5 Å². The third kappa shape index (κ3) is 4.66. The summed E-state index contributed by atoms with van der Waals surface area (Å²) in [5.41, 5.74) is 0.650. The molecule has 2 saturated heterocycles. The van der Waals surface area contributed by atoms with Crippen molar-refractivity contribution in [2.75, 3.05) is 32.8 Å². The zero-order valence-corrected chi connectivity index (χ0v) is 18.2. The number of halogens is 1. The molecule has 0 spiro atoms. The SMILES string of the molecule is Fc1ccccc1[C@H](c1nnnn1C[C@@H]1CCCO1)N1CCN(C2CCCCC2)CC1. The van der Waals surface area contributed by atoms with E-state index in [0.29, 0.717) is 24.0 Å². The highest BCUT2D eigenvalue weighted by molar-refractivity contribution is 5.26. The molecule has 2 aromatic rings. The number of hydrogen-bond donors (Lipinski definition) is 0. The molecule has 0 radical (unpaired) electrons. The van der Waals surface area contributed by atoms with E-state index < -0.39 is 0 Å². The van der Waals surface area contributed by atoms with E-state index in [9.17, 15) is 4.39 Å². The predicted molar refractivity (Wildman–Crippen MR) is 115 cm³/mol. The average Bonchev–Trinajstić information content (AvgIpc) is 3.49. The van der Waals surface area contributed by atoms with Crippen LogP contribution in [0.2, 0.25) is 0 Å². The lowest BCUT2D eigenvalue weighted by Crippen LogP contribution is -2.52. The van der Waals surface area contributed by atoms with Crippen LogP contribution in [0.1, 0.15) is 62.4 Å². The van der Waals surface area contributed by atoms with E-state index >= 15 is 0 Å². The van der Waals surface area contributed by atoms with Gasteiger partial charge in [0.2, 0.25) is 0 Å². The first-order valence-corrected chi connectivity index (χ1v) is 11.9. The van der Waals surface area contributed by atoms with Crippen molar-refractivity contribution in [2.24, 2.45) is 0 Å². The van der Waals surface area contributed by atoms with Gasteiger partial charge in [-0.25, -0.2) is 9.07 Å². The van der Waals surface area contributed by atoms with Gasteiger partial charge in [0, 0.05) is 44.4 Å². The van der Waals surface area contributed by atoms with E-state index in [0.717, 1.165) is 45.6 Å². The predicted octanol–water partition coefficient (Wildman–Crippen LogP) is 3.03. The van der Waals surface area contributed by atoms with Crippen molar-refractivity contribution >= 4 is 0 Å². The van der Waals surface area contributed by atoms with Crippen LogP contribution in [-0.2, 0) is 11.3 Å². The lowest BCUT2D eigenvalue weighted by Gasteiger charge is -2.43. The van der Waals surface area contributed by atoms with Gasteiger partial charge >= 0.3 is 0 Å². The molecule has 7 nitrogen and oxygen atoms in total. The number of ether oxygens (including phenoxy) is 1. The average molecular weight is 429 g/mol. The third-order valence-electron chi connectivity index (χ3n) is 7.21. The Balaban J connectivity index is 1.38. The Morgan fingerprint density at radius 1 is 1.00 bits per heavy atom. The van der Waals surface area contributed by atoms with E-state index in [-0.39, 0.29) is 18.0 Å². The molecule has 8 heteroatoms. The maximum atomic E-state index is 15.0. The van der Waals surface area contributed by atoms with Gasteiger partial charge in [-0.05, 0) is 42.2 Å². The van der Waals surface area contributed by atoms with Crippen molar-refractivity contribution in [3.8, 4) is 0 Å². The second-order valence-corrected chi connectivity index (χ2v) is 9.14. The Kier molecular flexibility index (Phi) is 6.57. The molecule has 3 fully saturated rings. The summed E-state index contributed by atoms with van der Waals surface area (Å²) in [5.74, 6) is 0.514. The first-order chi connectivity index (χ1) is 15.3. The van der Waals surface area contributed by atoms with Crippen LogP contribution in [0.25, 0.3) is 0 Å². The molecule has 2 atom stereocenters. The molecule has 168 valence electrons. The van der Waals surface area contributed by atoms with Crippen LogP contribution in [-0.4, -0.2) is 74.9 Å². The fourth-order valence-electron chi connectivity index (χ4n) is 5.52. The third-order valence-corrected chi connectivity index (χ3v) is 7.21. The molecule has 31 heavy (non-hydrogen) atoms. The van der Waals surface area contributed by atoms with Crippen molar-refractivity contribution in [2.45, 2.75) is 69.7 Å². The number of piperazine rings is 1. The van der Waals surface area contributed by atoms with Crippen LogP contribution in [0.3, 0.4) is 0 Å². The Labute approximate surface area is 183 Å². The minimum Gasteiger partial charge on any atom is -0.376 e. The van der Waals surface area contributed by atoms with Crippen molar-refractivity contribution in [1.29, 1.82) is 0 Å². The fraction of sp³-hybridized carbons (Fsp3) is 0.696. The molecular formula is C23H33FN6O. The standard InChI is InChI=1S/C23H33FN6O/c24-21-11-5-4-10-20(21)22(23-25-26-27-30(23)17-19-9-6-16-31-19)29-14-12-28(13-15-29)18-7-2-1-3-8-18/h4-5,10-11,18-19,22H,1-3,6-9,12-17H2/t19-,22+/m0/s1. The molecule has 5 rings (SSSR count). The highest BCUT2D eigenvalue weighted by atomic mass is 19.1. The van der Waals surface area contributed by atoms with Gasteiger partial charge in [-0.3, -0.25) is 9.80 Å². The molecule has 3 heterocycles. The number of hydrogen-bond acceptors (Lipinski definition) is 6. The van der Waals surface area contributed by atoms with Gasteiger partial charge in [-0.2, -0.15) is 0 Å². The molecule has 1 aromatic carbocycles. The van der Waals surface area contributed by atoms with E-state index in [4.69, 9.17) is 4.74 Å². The Hall–Kier alpha value is -1.90. The van der Waals surface area contributed by atoms with Crippen molar-refractivity contribution in [1.82, 2.24) is 30.0 Å². The summed E-state index contributed by atoms with van der Waals surface area (Å²) in [6.07, 6.45) is 8.92. The summed E-state index contributed by atoms with van der Waals surface area (Å²) in [4.78, 5) is 5.00. The summed E-state index contributed by atoms with van der Waals surface area (Å²) < 4.78 is 22.6. The Morgan fingerprint density at radius 2 is 1.81 bits per heavy atom. The summed E-state index contributed by atoms with van der Waals surface area (Å²) in [6, 6.07) is 7.48. The molecule has 0 N–H and O–H groups in total. The van der Waals surface area contributed by atoms with E-state index in [1.54, 1.807) is 6.07 Å². The largest absolute Gasteiger partial charge is 0.376 e. The lowest BCUT2D eigenvalue weighted by molar-refractivity contribution is 0.0588. The van der Waals surface area contributed by atoms with Crippen molar-refractivity contribution in [3.63, 3.8) is 0 Å². The lowest BCUT2D eigenvalue weighted by atomic mass is 9.93. The van der Waals surface area contributed by atoms with Gasteiger partial charge in [0.15, 0.2) is 5.82 Å². The zero-order valence-electron chi connectivity index (χ0n) is 18.2. The number of nitrogens with zero attached hydrogens (tertiary/aromatic N) is 6. The molecular weight excluding hydrogens is 395 g/mol. The van der Waals surface area contributed by atoms with Crippen LogP contribution in [0, 0.1) is 5.82 Å². The zero-order chi connectivity index (χ0) is 21.0. The van der Waals surface area contributed by atoms with Gasteiger partial charge in [-0.15, -0.1) is 5.10 Å². The van der Waals surface area contributed by atoms with Crippen LogP contribution >= 0.6 is 0 Å². The number of tetrazole rings is 1. The van der Waals surface area contributed by atoms with Crippen LogP contribution in [0.4, 0.5) is 4.39 Å². The Bertz CT molecular complexity index is 840. The van der Waals surface area contributed by atoms with Crippen LogP contribution in [0.5, 0.6) is 0 Å². The second kappa shape index (κ2) is 9.71. The summed E-state index contributed by atoms with van der Waals surface area (Å²) in [5, 5.41) is 12.6. The minimum absolute atomic E-state index is 0.131. The van der Waals surface area contributed by atoms with Gasteiger partial charge < -0.3 is 4.74 Å². The number of benzene rings is 1. The fourth-order valence-corrected chi connectivity index (χ4v) is 5.52. The molecule has 3 aliphatic rings. The first kappa shape index (κ1) is 21.0. The quantitative estimate of drug-likeness (QED) is 0.705. The van der Waals surface area contributed by atoms with Crippen LogP contribution in [0.15, 0.2) is 24.3 Å². The topological polar surface area (TPSA) is 59.3 Å². The smallest absolute Gasteiger partial charge is 0.173 e. The summed E-state index contributed by atoms with van der Waals surface area (Å²) in [7, 11) is 0. The van der Waals surface area contributed by atoms with E-state index in [1.165, 1.54) is 38.2 Å². The molecule has 1 aromatic heterocycles. The summed E-state index contributed by atoms with van der Waals surface area (Å²) >= 11 is 0. The molecule has 1 saturated carbocycles. The molecule has 1 aliphatic carbocycles. The van der Waals surface area contributed by atoms with Gasteiger partial charge in [0.25, 0.3) is 0 Å². The maximum absolute atomic E-state index is 15.0. The monoisotopic (exact) mass is 428 g/mol. The van der Waals surface area contributed by atoms with Crippen molar-refractivity contribution < 1.29 is 9.13 Å². The first-order valence-electron chi connectivity index (χ1n) is 11.9. The normalized spacial score (nSPS) is 25.1. The molecule has 2 aliphatic heterocycles. The molecule has 0 unspecified atom stereocenters. The minimum atomic E-state index is -0.286.